The van der Waals surface area contributed by atoms with Crippen LogP contribution in [0.4, 0.5) is 8.78 Å². The zero-order valence-corrected chi connectivity index (χ0v) is 8.11. The van der Waals surface area contributed by atoms with Crippen molar-refractivity contribution < 1.29 is 23.1 Å². The maximum Gasteiger partial charge on any atom is 0.389 e. The number of carboxylic acids is 1. The van der Waals surface area contributed by atoms with Gasteiger partial charge in [0, 0.05) is 0 Å². The highest BCUT2D eigenvalue weighted by Crippen LogP contribution is 2.32. The lowest BCUT2D eigenvalue weighted by molar-refractivity contribution is -0.152. The fourth-order valence-corrected chi connectivity index (χ4v) is 1.50. The van der Waals surface area contributed by atoms with E-state index < -0.39 is 11.2 Å². The maximum absolute atomic E-state index is 12.6. The van der Waals surface area contributed by atoms with Gasteiger partial charge in [-0.2, -0.15) is 8.78 Å². The lowest BCUT2D eigenvalue weighted by atomic mass is 10.3. The number of halogens is 2. The van der Waals surface area contributed by atoms with Gasteiger partial charge in [-0.15, -0.1) is 0 Å². The smallest absolute Gasteiger partial charge is 0.389 e. The quantitative estimate of drug-likeness (QED) is 0.850. The predicted molar refractivity (Wildman–Crippen MR) is 47.3 cm³/mol. The van der Waals surface area contributed by atoms with Crippen molar-refractivity contribution in [3.8, 4) is 0 Å². The molecule has 3 nitrogen and oxygen atoms in total. The van der Waals surface area contributed by atoms with Crippen LogP contribution in [-0.2, 0) is 10.5 Å². The average Bonchev–Trinajstić information content (AvgIpc) is 2.47. The number of carboxylic acid groups (broad SMARTS) is 1. The first-order valence-electron chi connectivity index (χ1n) is 3.71. The van der Waals surface area contributed by atoms with Crippen LogP contribution in [-0.4, -0.2) is 16.3 Å². The number of hydrogen-bond acceptors (Lipinski definition) is 3. The first-order valence-corrected chi connectivity index (χ1v) is 4.70. The molecule has 1 aromatic heterocycles. The van der Waals surface area contributed by atoms with E-state index >= 15 is 0 Å². The minimum Gasteiger partial charge on any atom is -0.476 e. The molecule has 0 fully saturated rings. The molecule has 0 spiro atoms. The van der Waals surface area contributed by atoms with Crippen molar-refractivity contribution in [1.29, 1.82) is 0 Å². The number of rotatable bonds is 4. The van der Waals surface area contributed by atoms with Crippen molar-refractivity contribution in [3.05, 3.63) is 23.7 Å². The number of thioether (sulfide) groups is 1. The Morgan fingerprint density at radius 2 is 2.36 bits per heavy atom. The van der Waals surface area contributed by atoms with Crippen LogP contribution in [0, 0.1) is 6.92 Å². The highest BCUT2D eigenvalue weighted by Gasteiger charge is 2.39. The second kappa shape index (κ2) is 4.00. The normalized spacial score (nSPS) is 11.6. The Bertz CT molecular complexity index is 335. The molecule has 1 aromatic rings. The number of aryl methyl sites for hydroxylation is 1. The summed E-state index contributed by atoms with van der Waals surface area (Å²) in [4.78, 5) is 10.1. The van der Waals surface area contributed by atoms with Crippen LogP contribution in [0.1, 0.15) is 11.3 Å². The molecule has 78 valence electrons. The molecule has 0 radical (unpaired) electrons. The fraction of sp³-hybridized carbons (Fsp3) is 0.375. The summed E-state index contributed by atoms with van der Waals surface area (Å²) in [6.07, 6.45) is 1.38. The van der Waals surface area contributed by atoms with Crippen molar-refractivity contribution in [2.24, 2.45) is 0 Å². The van der Waals surface area contributed by atoms with Crippen molar-refractivity contribution in [2.45, 2.75) is 17.9 Å². The SMILES string of the molecule is Cc1ccoc1CSC(F)(F)C(=O)O. The third-order valence-corrected chi connectivity index (χ3v) is 2.55. The van der Waals surface area contributed by atoms with E-state index in [1.165, 1.54) is 6.26 Å². The van der Waals surface area contributed by atoms with Gasteiger partial charge in [0.2, 0.25) is 0 Å². The number of furan rings is 1. The van der Waals surface area contributed by atoms with Gasteiger partial charge in [0.05, 0.1) is 12.0 Å². The van der Waals surface area contributed by atoms with Gasteiger partial charge in [-0.25, -0.2) is 4.79 Å². The summed E-state index contributed by atoms with van der Waals surface area (Å²) in [5, 5.41) is 4.37. The highest BCUT2D eigenvalue weighted by atomic mass is 32.2. The third-order valence-electron chi connectivity index (χ3n) is 1.60. The van der Waals surface area contributed by atoms with Crippen LogP contribution in [0.3, 0.4) is 0 Å². The van der Waals surface area contributed by atoms with E-state index in [-0.39, 0.29) is 17.5 Å². The van der Waals surface area contributed by atoms with Crippen molar-refractivity contribution >= 4 is 17.7 Å². The summed E-state index contributed by atoms with van der Waals surface area (Å²) < 4.78 is 30.1. The number of alkyl halides is 2. The summed E-state index contributed by atoms with van der Waals surface area (Å²) in [6.45, 7) is 1.71. The van der Waals surface area contributed by atoms with Crippen LogP contribution in [0.2, 0.25) is 0 Å². The summed E-state index contributed by atoms with van der Waals surface area (Å²) in [6, 6.07) is 1.63. The van der Waals surface area contributed by atoms with Crippen LogP contribution >= 0.6 is 11.8 Å². The highest BCUT2D eigenvalue weighted by molar-refractivity contribution is 8.00. The molecule has 0 aromatic carbocycles. The maximum atomic E-state index is 12.6. The Labute approximate surface area is 83.1 Å². The molecular formula is C8H8F2O3S. The molecule has 6 heteroatoms. The zero-order chi connectivity index (χ0) is 10.8. The van der Waals surface area contributed by atoms with Gasteiger partial charge in [-0.1, -0.05) is 11.8 Å². The molecule has 14 heavy (non-hydrogen) atoms. The van der Waals surface area contributed by atoms with Crippen LogP contribution in [0.5, 0.6) is 0 Å². The monoisotopic (exact) mass is 222 g/mol. The minimum atomic E-state index is -3.76. The number of hydrogen-bond donors (Lipinski definition) is 1. The third kappa shape index (κ3) is 2.47. The molecule has 0 bridgehead atoms. The molecule has 1 rings (SSSR count). The predicted octanol–water partition coefficient (Wildman–Crippen LogP) is 2.50. The molecule has 0 amide bonds. The largest absolute Gasteiger partial charge is 0.476 e. The molecule has 0 aliphatic rings. The molecule has 0 atom stereocenters. The van der Waals surface area contributed by atoms with E-state index in [2.05, 4.69) is 0 Å². The Kier molecular flexibility index (Phi) is 3.15. The molecule has 1 heterocycles. The van der Waals surface area contributed by atoms with E-state index in [1.54, 1.807) is 13.0 Å². The van der Waals surface area contributed by atoms with E-state index in [0.29, 0.717) is 5.76 Å². The van der Waals surface area contributed by atoms with Gasteiger partial charge in [-0.05, 0) is 18.6 Å². The standard InChI is InChI=1S/C8H8F2O3S/c1-5-2-3-13-6(5)4-14-8(9,10)7(11)12/h2-3H,4H2,1H3,(H,11,12). The Balaban J connectivity index is 2.57. The van der Waals surface area contributed by atoms with E-state index in [4.69, 9.17) is 9.52 Å². The van der Waals surface area contributed by atoms with Gasteiger partial charge < -0.3 is 9.52 Å². The molecule has 1 N–H and O–H groups in total. The summed E-state index contributed by atoms with van der Waals surface area (Å²) >= 11 is 0.0321. The first kappa shape index (κ1) is 11.0. The first-order chi connectivity index (χ1) is 6.43. The lowest BCUT2D eigenvalue weighted by Crippen LogP contribution is -2.23. The van der Waals surface area contributed by atoms with E-state index in [0.717, 1.165) is 5.56 Å². The lowest BCUT2D eigenvalue weighted by Gasteiger charge is -2.08. The van der Waals surface area contributed by atoms with Crippen LogP contribution < -0.4 is 0 Å². The number of aliphatic carboxylic acids is 1. The average molecular weight is 222 g/mol. The Morgan fingerprint density at radius 1 is 1.71 bits per heavy atom. The second-order valence-electron chi connectivity index (χ2n) is 2.64. The van der Waals surface area contributed by atoms with E-state index in [9.17, 15) is 13.6 Å². The van der Waals surface area contributed by atoms with E-state index in [1.807, 2.05) is 0 Å². The van der Waals surface area contributed by atoms with Crippen LogP contribution in [0.25, 0.3) is 0 Å². The van der Waals surface area contributed by atoms with Gasteiger partial charge in [0.25, 0.3) is 0 Å². The molecule has 0 aliphatic carbocycles. The topological polar surface area (TPSA) is 50.4 Å². The summed E-state index contributed by atoms with van der Waals surface area (Å²) in [5.41, 5.74) is 0.735. The zero-order valence-electron chi connectivity index (χ0n) is 7.29. The molecule has 0 aliphatic heterocycles. The van der Waals surface area contributed by atoms with Gasteiger partial charge in [0.15, 0.2) is 0 Å². The molecule has 0 saturated carbocycles. The summed E-state index contributed by atoms with van der Waals surface area (Å²) in [7, 11) is 0. The van der Waals surface area contributed by atoms with Crippen molar-refractivity contribution in [2.75, 3.05) is 0 Å². The van der Waals surface area contributed by atoms with Gasteiger partial charge >= 0.3 is 11.2 Å². The Morgan fingerprint density at radius 3 is 2.79 bits per heavy atom. The van der Waals surface area contributed by atoms with Crippen molar-refractivity contribution in [3.63, 3.8) is 0 Å². The molecular weight excluding hydrogens is 214 g/mol. The minimum absolute atomic E-state index is 0.0321. The number of carbonyl (C=O) groups is 1. The second-order valence-corrected chi connectivity index (χ2v) is 3.73. The fourth-order valence-electron chi connectivity index (χ4n) is 0.770. The molecule has 0 saturated heterocycles. The Hall–Kier alpha value is -1.04. The van der Waals surface area contributed by atoms with Gasteiger partial charge in [-0.3, -0.25) is 0 Å². The van der Waals surface area contributed by atoms with Crippen molar-refractivity contribution in [1.82, 2.24) is 0 Å². The summed E-state index contributed by atoms with van der Waals surface area (Å²) in [5.74, 6) is -1.92. The molecule has 0 unspecified atom stereocenters. The van der Waals surface area contributed by atoms with Crippen LogP contribution in [0.15, 0.2) is 16.7 Å². The van der Waals surface area contributed by atoms with Gasteiger partial charge in [0.1, 0.15) is 5.76 Å².